The van der Waals surface area contributed by atoms with Crippen LogP contribution < -0.4 is 4.74 Å². The van der Waals surface area contributed by atoms with Gasteiger partial charge in [-0.2, -0.15) is 13.2 Å². The number of hydrogen-bond donors (Lipinski definition) is 0. The lowest BCUT2D eigenvalue weighted by Crippen LogP contribution is -2.17. The van der Waals surface area contributed by atoms with E-state index in [9.17, 15) is 26.3 Å². The Balaban J connectivity index is 2.04. The largest absolute Gasteiger partial charge is 0.573 e. The lowest BCUT2D eigenvalue weighted by Gasteiger charge is -2.12. The Morgan fingerprint density at radius 2 is 1.72 bits per heavy atom. The van der Waals surface area contributed by atoms with Crippen LogP contribution in [0.5, 0.6) is 5.75 Å². The topological polar surface area (TPSA) is 39.4 Å². The van der Waals surface area contributed by atoms with E-state index < -0.39 is 24.0 Å². The van der Waals surface area contributed by atoms with E-state index in [1.165, 1.54) is 31.3 Å². The van der Waals surface area contributed by atoms with Gasteiger partial charge in [-0.1, -0.05) is 11.3 Å². The summed E-state index contributed by atoms with van der Waals surface area (Å²) in [5.74, 6) is -0.406. The van der Waals surface area contributed by atoms with Crippen molar-refractivity contribution in [3.63, 3.8) is 0 Å². The number of ether oxygens (including phenoxy) is 1. The molecule has 0 bridgehead atoms. The molecule has 0 N–H and O–H groups in total. The Labute approximate surface area is 136 Å². The summed E-state index contributed by atoms with van der Waals surface area (Å²) in [7, 11) is 0. The molecule has 1 aromatic carbocycles. The van der Waals surface area contributed by atoms with E-state index in [0.29, 0.717) is 16.7 Å². The summed E-state index contributed by atoms with van der Waals surface area (Å²) in [6, 6.07) is 6.33. The molecule has 0 fully saturated rings. The number of alkyl halides is 6. The van der Waals surface area contributed by atoms with Crippen molar-refractivity contribution in [3.8, 4) is 16.9 Å². The number of halogens is 6. The molecule has 0 spiro atoms. The zero-order valence-corrected chi connectivity index (χ0v) is 12.5. The highest BCUT2D eigenvalue weighted by atomic mass is 19.4. The molecule has 3 rings (SSSR count). The molecule has 10 heteroatoms. The fourth-order valence-corrected chi connectivity index (χ4v) is 2.42. The number of rotatable bonds is 2. The first-order chi connectivity index (χ1) is 11.5. The lowest BCUT2D eigenvalue weighted by molar-refractivity contribution is -0.274. The lowest BCUT2D eigenvalue weighted by atomic mass is 10.0. The van der Waals surface area contributed by atoms with Gasteiger partial charge in [-0.25, -0.2) is 4.52 Å². The smallest absolute Gasteiger partial charge is 0.406 e. The van der Waals surface area contributed by atoms with Gasteiger partial charge >= 0.3 is 12.5 Å². The first kappa shape index (κ1) is 17.1. The van der Waals surface area contributed by atoms with Gasteiger partial charge in [0.25, 0.3) is 0 Å². The number of pyridine rings is 1. The molecule has 0 saturated carbocycles. The van der Waals surface area contributed by atoms with Crippen LogP contribution in [-0.2, 0) is 6.18 Å². The minimum Gasteiger partial charge on any atom is -0.406 e. The summed E-state index contributed by atoms with van der Waals surface area (Å²) >= 11 is 0. The molecule has 25 heavy (non-hydrogen) atoms. The van der Waals surface area contributed by atoms with E-state index >= 15 is 0 Å². The van der Waals surface area contributed by atoms with Crippen LogP contribution in [0.2, 0.25) is 0 Å². The summed E-state index contributed by atoms with van der Waals surface area (Å²) < 4.78 is 80.3. The van der Waals surface area contributed by atoms with Crippen molar-refractivity contribution in [2.75, 3.05) is 0 Å². The minimum atomic E-state index is -4.82. The van der Waals surface area contributed by atoms with E-state index in [2.05, 4.69) is 15.0 Å². The summed E-state index contributed by atoms with van der Waals surface area (Å²) in [6.45, 7) is 1.53. The zero-order valence-electron chi connectivity index (χ0n) is 12.5. The van der Waals surface area contributed by atoms with Crippen LogP contribution in [0.4, 0.5) is 26.3 Å². The van der Waals surface area contributed by atoms with Gasteiger partial charge in [0, 0.05) is 6.20 Å². The second-order valence-corrected chi connectivity index (χ2v) is 5.21. The molecule has 0 unspecified atom stereocenters. The van der Waals surface area contributed by atoms with Crippen LogP contribution in [0.3, 0.4) is 0 Å². The van der Waals surface area contributed by atoms with Crippen molar-refractivity contribution < 1.29 is 31.1 Å². The second-order valence-electron chi connectivity index (χ2n) is 5.21. The van der Waals surface area contributed by atoms with Crippen LogP contribution in [-0.4, -0.2) is 21.2 Å². The molecule has 132 valence electrons. The van der Waals surface area contributed by atoms with Gasteiger partial charge in [-0.15, -0.1) is 18.3 Å². The van der Waals surface area contributed by atoms with Crippen LogP contribution in [0, 0.1) is 6.92 Å². The van der Waals surface area contributed by atoms with Gasteiger partial charge in [0.1, 0.15) is 5.75 Å². The molecule has 0 aliphatic heterocycles. The molecule has 4 nitrogen and oxygen atoms in total. The molecular formula is C15H9F6N3O. The Kier molecular flexibility index (Phi) is 3.85. The number of aryl methyl sites for hydroxylation is 1. The molecule has 3 aromatic rings. The molecule has 2 heterocycles. The maximum absolute atomic E-state index is 12.9. The van der Waals surface area contributed by atoms with Crippen LogP contribution >= 0.6 is 0 Å². The Bertz CT molecular complexity index is 929. The first-order valence-corrected chi connectivity index (χ1v) is 6.83. The Hall–Kier alpha value is -2.78. The molecule has 0 amide bonds. The SMILES string of the molecule is Cc1cc(OC(F)(F)F)ccc1-c1ccn2nnc(C(F)(F)F)c2c1. The summed E-state index contributed by atoms with van der Waals surface area (Å²) in [6.07, 6.45) is -8.19. The number of hydrogen-bond acceptors (Lipinski definition) is 3. The number of fused-ring (bicyclic) bond motifs is 1. The molecule has 0 aliphatic rings. The van der Waals surface area contributed by atoms with Gasteiger partial charge in [-0.3, -0.25) is 0 Å². The third kappa shape index (κ3) is 3.52. The Morgan fingerprint density at radius 1 is 1.00 bits per heavy atom. The van der Waals surface area contributed by atoms with Crippen LogP contribution in [0.15, 0.2) is 36.5 Å². The third-order valence-electron chi connectivity index (χ3n) is 3.43. The van der Waals surface area contributed by atoms with Gasteiger partial charge < -0.3 is 4.74 Å². The van der Waals surface area contributed by atoms with Crippen molar-refractivity contribution in [1.29, 1.82) is 0 Å². The van der Waals surface area contributed by atoms with Gasteiger partial charge in [0.15, 0.2) is 5.69 Å². The monoisotopic (exact) mass is 361 g/mol. The predicted octanol–water partition coefficient (Wildman–Crippen LogP) is 4.62. The maximum Gasteiger partial charge on any atom is 0.573 e. The molecule has 2 aromatic heterocycles. The van der Waals surface area contributed by atoms with Gasteiger partial charge in [0.2, 0.25) is 0 Å². The van der Waals surface area contributed by atoms with Crippen molar-refractivity contribution in [3.05, 3.63) is 47.8 Å². The van der Waals surface area contributed by atoms with Crippen molar-refractivity contribution >= 4 is 5.52 Å². The normalized spacial score (nSPS) is 12.6. The summed E-state index contributed by atoms with van der Waals surface area (Å²) in [5.41, 5.74) is -0.126. The second kappa shape index (κ2) is 5.64. The fraction of sp³-hybridized carbons (Fsp3) is 0.200. The fourth-order valence-electron chi connectivity index (χ4n) is 2.42. The molecule has 0 radical (unpaired) electrons. The number of aromatic nitrogens is 3. The van der Waals surface area contributed by atoms with Gasteiger partial charge in [0.05, 0.1) is 5.52 Å². The Morgan fingerprint density at radius 3 is 2.32 bits per heavy atom. The van der Waals surface area contributed by atoms with Crippen LogP contribution in [0.25, 0.3) is 16.6 Å². The quantitative estimate of drug-likeness (QED) is 0.625. The van der Waals surface area contributed by atoms with E-state index in [4.69, 9.17) is 0 Å². The summed E-state index contributed by atoms with van der Waals surface area (Å²) in [4.78, 5) is 0. The predicted molar refractivity (Wildman–Crippen MR) is 74.8 cm³/mol. The highest BCUT2D eigenvalue weighted by Gasteiger charge is 2.36. The minimum absolute atomic E-state index is 0.250. The molecule has 0 atom stereocenters. The standard InChI is InChI=1S/C15H9F6N3O/c1-8-6-10(25-15(19,20)21)2-3-11(8)9-4-5-24-12(7-9)13(22-23-24)14(16,17)18/h2-7H,1H3. The third-order valence-corrected chi connectivity index (χ3v) is 3.43. The van der Waals surface area contributed by atoms with Crippen molar-refractivity contribution in [2.45, 2.75) is 19.5 Å². The van der Waals surface area contributed by atoms with Crippen molar-refractivity contribution in [1.82, 2.24) is 14.8 Å². The average molecular weight is 361 g/mol. The maximum atomic E-state index is 12.9. The molecular weight excluding hydrogens is 352 g/mol. The van der Waals surface area contributed by atoms with Crippen molar-refractivity contribution in [2.24, 2.45) is 0 Å². The van der Waals surface area contributed by atoms with E-state index in [1.54, 1.807) is 0 Å². The average Bonchev–Trinajstić information content (AvgIpc) is 2.88. The number of nitrogens with zero attached hydrogens (tertiary/aromatic N) is 3. The van der Waals surface area contributed by atoms with Gasteiger partial charge in [-0.05, 0) is 47.9 Å². The molecule has 0 aliphatic carbocycles. The first-order valence-electron chi connectivity index (χ1n) is 6.83. The summed E-state index contributed by atoms with van der Waals surface area (Å²) in [5, 5.41) is 6.52. The number of benzene rings is 1. The highest BCUT2D eigenvalue weighted by molar-refractivity contribution is 5.73. The van der Waals surface area contributed by atoms with E-state index in [-0.39, 0.29) is 5.52 Å². The highest BCUT2D eigenvalue weighted by Crippen LogP contribution is 2.34. The van der Waals surface area contributed by atoms with Crippen LogP contribution in [0.1, 0.15) is 11.3 Å². The van der Waals surface area contributed by atoms with E-state index in [1.807, 2.05) is 0 Å². The van der Waals surface area contributed by atoms with E-state index in [0.717, 1.165) is 16.6 Å². The molecule has 0 saturated heterocycles. The zero-order chi connectivity index (χ0) is 18.4.